The van der Waals surface area contributed by atoms with Crippen molar-refractivity contribution in [3.8, 4) is 0 Å². The molecule has 0 rings (SSSR count). The highest BCUT2D eigenvalue weighted by molar-refractivity contribution is 7.47. The van der Waals surface area contributed by atoms with Crippen LogP contribution < -0.4 is 0 Å². The molecule has 2 unspecified atom stereocenters. The van der Waals surface area contributed by atoms with Gasteiger partial charge in [-0.2, -0.15) is 0 Å². The van der Waals surface area contributed by atoms with Crippen molar-refractivity contribution in [2.24, 2.45) is 11.8 Å². The van der Waals surface area contributed by atoms with Crippen LogP contribution >= 0.6 is 15.6 Å². The van der Waals surface area contributed by atoms with E-state index < -0.39 is 97.5 Å². The summed E-state index contributed by atoms with van der Waals surface area (Å²) in [5.74, 6) is -0.530. The quantitative estimate of drug-likeness (QED) is 0.0222. The number of aliphatic hydroxyl groups is 1. The fraction of sp³-hybridized carbons (Fsp3) is 0.948. The van der Waals surface area contributed by atoms with Crippen molar-refractivity contribution < 1.29 is 80.2 Å². The Balaban J connectivity index is 5.13. The molecule has 0 aromatic rings. The molecule has 0 aromatic heterocycles. The summed E-state index contributed by atoms with van der Waals surface area (Å²) >= 11 is 0. The summed E-state index contributed by atoms with van der Waals surface area (Å²) in [7, 11) is -9.90. The number of ether oxygens (including phenoxy) is 4. The highest BCUT2D eigenvalue weighted by Gasteiger charge is 2.30. The summed E-state index contributed by atoms with van der Waals surface area (Å²) < 4.78 is 68.4. The van der Waals surface area contributed by atoms with Crippen LogP contribution in [0.2, 0.25) is 0 Å². The fourth-order valence-electron chi connectivity index (χ4n) is 11.8. The monoisotopic (exact) mass is 1410 g/mol. The molecule has 0 heterocycles. The Morgan fingerprint density at radius 3 is 0.708 bits per heavy atom. The summed E-state index contributed by atoms with van der Waals surface area (Å²) in [5, 5.41) is 10.6. The fourth-order valence-corrected chi connectivity index (χ4v) is 13.4. The van der Waals surface area contributed by atoms with E-state index in [2.05, 4.69) is 41.5 Å². The van der Waals surface area contributed by atoms with Crippen molar-refractivity contribution in [3.05, 3.63) is 0 Å². The van der Waals surface area contributed by atoms with Gasteiger partial charge in [0.2, 0.25) is 0 Å². The Hall–Kier alpha value is -1.94. The van der Waals surface area contributed by atoms with Gasteiger partial charge in [-0.3, -0.25) is 37.3 Å². The first-order valence-corrected chi connectivity index (χ1v) is 43.0. The minimum atomic E-state index is -4.96. The zero-order chi connectivity index (χ0) is 70.7. The van der Waals surface area contributed by atoms with Crippen LogP contribution in [0.3, 0.4) is 0 Å². The Labute approximate surface area is 588 Å². The van der Waals surface area contributed by atoms with Crippen LogP contribution in [-0.2, 0) is 65.4 Å². The number of aliphatic hydroxyl groups excluding tert-OH is 1. The van der Waals surface area contributed by atoms with Crippen LogP contribution in [0.25, 0.3) is 0 Å². The largest absolute Gasteiger partial charge is 0.472 e. The molecule has 0 saturated heterocycles. The molecule has 0 saturated carbocycles. The number of phosphoric ester groups is 2. The zero-order valence-corrected chi connectivity index (χ0v) is 64.5. The topological polar surface area (TPSA) is 237 Å². The molecule has 0 aromatic carbocycles. The Morgan fingerprint density at radius 2 is 0.479 bits per heavy atom. The van der Waals surface area contributed by atoms with Gasteiger partial charge in [-0.05, 0) is 37.5 Å². The number of carbonyl (C=O) groups is 4. The lowest BCUT2D eigenvalue weighted by Crippen LogP contribution is -2.30. The predicted molar refractivity (Wildman–Crippen MR) is 391 cm³/mol. The molecule has 96 heavy (non-hydrogen) atoms. The Bertz CT molecular complexity index is 1860. The van der Waals surface area contributed by atoms with Crippen LogP contribution in [0.5, 0.6) is 0 Å². The van der Waals surface area contributed by atoms with Gasteiger partial charge in [0.15, 0.2) is 12.2 Å². The normalized spacial score (nSPS) is 14.0. The van der Waals surface area contributed by atoms with Crippen LogP contribution in [0, 0.1) is 11.8 Å². The second-order valence-electron chi connectivity index (χ2n) is 28.7. The predicted octanol–water partition coefficient (Wildman–Crippen LogP) is 22.7. The van der Waals surface area contributed by atoms with E-state index in [1.54, 1.807) is 0 Å². The average molecular weight is 1410 g/mol. The van der Waals surface area contributed by atoms with Gasteiger partial charge in [-0.25, -0.2) is 9.13 Å². The molecule has 5 atom stereocenters. The lowest BCUT2D eigenvalue weighted by molar-refractivity contribution is -0.161. The van der Waals surface area contributed by atoms with E-state index in [-0.39, 0.29) is 25.7 Å². The molecule has 3 N–H and O–H groups in total. The first kappa shape index (κ1) is 94.1. The third-order valence-electron chi connectivity index (χ3n) is 18.0. The van der Waals surface area contributed by atoms with Gasteiger partial charge in [-0.15, -0.1) is 0 Å². The SMILES string of the molecule is CCCCCCCCCCCCCCCCCCCC(=O)O[C@H](COC(=O)CCCCCCC)COP(=O)(O)OC[C@H](O)COP(=O)(O)OC[C@@H](COC(=O)CCCCCCCCCCCCCCCCC(C)C)OC(=O)CCCCCCCCCCCCCCCCC(C)C. The van der Waals surface area contributed by atoms with Gasteiger partial charge in [0.05, 0.1) is 26.4 Å². The van der Waals surface area contributed by atoms with Crippen LogP contribution in [0.1, 0.15) is 401 Å². The molecular formula is C77H150O17P2. The van der Waals surface area contributed by atoms with Crippen molar-refractivity contribution in [1.29, 1.82) is 0 Å². The van der Waals surface area contributed by atoms with Crippen molar-refractivity contribution in [2.75, 3.05) is 39.6 Å². The lowest BCUT2D eigenvalue weighted by Gasteiger charge is -2.21. The number of hydrogen-bond acceptors (Lipinski definition) is 15. The molecule has 0 amide bonds. The first-order chi connectivity index (χ1) is 46.4. The van der Waals surface area contributed by atoms with Crippen molar-refractivity contribution >= 4 is 39.5 Å². The van der Waals surface area contributed by atoms with Crippen LogP contribution in [-0.4, -0.2) is 96.7 Å². The van der Waals surface area contributed by atoms with Crippen LogP contribution in [0.4, 0.5) is 0 Å². The second-order valence-corrected chi connectivity index (χ2v) is 31.6. The van der Waals surface area contributed by atoms with Gasteiger partial charge in [0, 0.05) is 25.7 Å². The molecule has 0 radical (unpaired) electrons. The molecule has 0 aliphatic rings. The standard InChI is InChI=1S/C77H150O17P2/c1-7-9-11-13-14-15-16-17-18-19-20-28-33-38-43-49-55-61-76(81)93-72(65-87-74(79)59-53-45-12-10-8-2)67-91-95(83,84)89-63-71(78)64-90-96(85,86)92-68-73(94-77(82)62-56-50-44-39-34-29-24-22-26-31-36-41-47-52-58-70(5)6)66-88-75(80)60-54-48-42-37-32-27-23-21-25-30-35-40-46-51-57-69(3)4/h69-73,78H,7-68H2,1-6H3,(H,83,84)(H,85,86)/t71-,72+,73+/m0/s1. The molecule has 0 aliphatic heterocycles. The molecular weight excluding hydrogens is 1260 g/mol. The summed E-state index contributed by atoms with van der Waals surface area (Å²) in [6.45, 7) is 9.57. The maximum Gasteiger partial charge on any atom is 0.472 e. The van der Waals surface area contributed by atoms with Crippen molar-refractivity contribution in [1.82, 2.24) is 0 Å². The van der Waals surface area contributed by atoms with E-state index in [1.165, 1.54) is 212 Å². The van der Waals surface area contributed by atoms with Gasteiger partial charge in [0.25, 0.3) is 0 Å². The molecule has 0 spiro atoms. The number of unbranched alkanes of at least 4 members (excludes halogenated alkanes) is 46. The number of phosphoric acid groups is 2. The third-order valence-corrected chi connectivity index (χ3v) is 19.9. The van der Waals surface area contributed by atoms with E-state index in [1.807, 2.05) is 0 Å². The molecule has 19 heteroatoms. The van der Waals surface area contributed by atoms with Crippen LogP contribution in [0.15, 0.2) is 0 Å². The van der Waals surface area contributed by atoms with E-state index in [0.717, 1.165) is 108 Å². The summed E-state index contributed by atoms with van der Waals surface area (Å²) in [6, 6.07) is 0. The molecule has 0 bridgehead atoms. The summed E-state index contributed by atoms with van der Waals surface area (Å²) in [6.07, 6.45) is 57.3. The number of rotatable bonds is 76. The molecule has 0 fully saturated rings. The van der Waals surface area contributed by atoms with E-state index in [9.17, 15) is 43.2 Å². The minimum absolute atomic E-state index is 0.108. The number of carbonyl (C=O) groups excluding carboxylic acids is 4. The van der Waals surface area contributed by atoms with E-state index in [4.69, 9.17) is 37.0 Å². The van der Waals surface area contributed by atoms with Crippen molar-refractivity contribution in [2.45, 2.75) is 419 Å². The van der Waals surface area contributed by atoms with E-state index in [0.29, 0.717) is 25.7 Å². The van der Waals surface area contributed by atoms with E-state index >= 15 is 0 Å². The number of hydrogen-bond donors (Lipinski definition) is 3. The minimum Gasteiger partial charge on any atom is -0.462 e. The molecule has 17 nitrogen and oxygen atoms in total. The highest BCUT2D eigenvalue weighted by Crippen LogP contribution is 2.45. The first-order valence-electron chi connectivity index (χ1n) is 40.0. The van der Waals surface area contributed by atoms with Gasteiger partial charge in [-0.1, -0.05) is 350 Å². The Kier molecular flexibility index (Phi) is 67.4. The molecule has 570 valence electrons. The van der Waals surface area contributed by atoms with Gasteiger partial charge in [0.1, 0.15) is 19.3 Å². The smallest absolute Gasteiger partial charge is 0.462 e. The molecule has 0 aliphatic carbocycles. The second kappa shape index (κ2) is 68.8. The Morgan fingerprint density at radius 1 is 0.281 bits per heavy atom. The third kappa shape index (κ3) is 70.5. The summed E-state index contributed by atoms with van der Waals surface area (Å²) in [4.78, 5) is 72.6. The van der Waals surface area contributed by atoms with Gasteiger partial charge >= 0.3 is 39.5 Å². The maximum atomic E-state index is 13.1. The maximum absolute atomic E-state index is 13.1. The highest BCUT2D eigenvalue weighted by atomic mass is 31.2. The van der Waals surface area contributed by atoms with Gasteiger partial charge < -0.3 is 33.8 Å². The number of esters is 4. The summed E-state index contributed by atoms with van der Waals surface area (Å²) in [5.41, 5.74) is 0. The lowest BCUT2D eigenvalue weighted by atomic mass is 10.0. The average Bonchev–Trinajstić information content (AvgIpc) is 1.14. The van der Waals surface area contributed by atoms with Crippen molar-refractivity contribution in [3.63, 3.8) is 0 Å². The zero-order valence-electron chi connectivity index (χ0n) is 62.7.